The quantitative estimate of drug-likeness (QED) is 0.872. The van der Waals surface area contributed by atoms with E-state index in [0.717, 1.165) is 17.6 Å². The zero-order valence-corrected chi connectivity index (χ0v) is 12.6. The average molecular weight is 305 g/mol. The fourth-order valence-corrected chi connectivity index (χ4v) is 3.49. The molecule has 1 aromatic rings. The summed E-state index contributed by atoms with van der Waals surface area (Å²) in [5.41, 5.74) is 5.92. The number of halogens is 1. The minimum absolute atomic E-state index is 0.365. The molecule has 0 aliphatic carbocycles. The van der Waals surface area contributed by atoms with E-state index in [9.17, 15) is 0 Å². The Balaban J connectivity index is 2.78. The van der Waals surface area contributed by atoms with Crippen LogP contribution >= 0.6 is 27.3 Å². The van der Waals surface area contributed by atoms with E-state index < -0.39 is 0 Å². The number of nitrogens with zero attached hydrogens (tertiary/aromatic N) is 1. The van der Waals surface area contributed by atoms with Crippen molar-refractivity contribution in [2.75, 3.05) is 19.6 Å². The van der Waals surface area contributed by atoms with Gasteiger partial charge in [0.25, 0.3) is 0 Å². The fourth-order valence-electron chi connectivity index (χ4n) is 1.89. The van der Waals surface area contributed by atoms with E-state index in [0.29, 0.717) is 18.5 Å². The van der Waals surface area contributed by atoms with Gasteiger partial charge in [0.2, 0.25) is 0 Å². The van der Waals surface area contributed by atoms with E-state index in [-0.39, 0.29) is 0 Å². The van der Waals surface area contributed by atoms with Gasteiger partial charge >= 0.3 is 0 Å². The predicted octanol–water partition coefficient (Wildman–Crippen LogP) is 3.49. The van der Waals surface area contributed by atoms with Gasteiger partial charge in [-0.05, 0) is 34.5 Å². The summed E-state index contributed by atoms with van der Waals surface area (Å²) in [6.07, 6.45) is 0. The van der Waals surface area contributed by atoms with Crippen molar-refractivity contribution in [3.8, 4) is 0 Å². The van der Waals surface area contributed by atoms with Gasteiger partial charge in [0.05, 0.1) is 6.04 Å². The first-order valence-corrected chi connectivity index (χ1v) is 7.43. The van der Waals surface area contributed by atoms with Crippen molar-refractivity contribution >= 4 is 27.3 Å². The molecule has 92 valence electrons. The number of hydrogen-bond acceptors (Lipinski definition) is 3. The molecule has 0 aromatic carbocycles. The van der Waals surface area contributed by atoms with Crippen LogP contribution in [-0.2, 0) is 0 Å². The van der Waals surface area contributed by atoms with E-state index in [1.807, 2.05) is 0 Å². The van der Waals surface area contributed by atoms with Crippen molar-refractivity contribution in [3.05, 3.63) is 20.8 Å². The lowest BCUT2D eigenvalue weighted by atomic mass is 10.1. The van der Waals surface area contributed by atoms with Crippen molar-refractivity contribution in [2.45, 2.75) is 26.8 Å². The van der Waals surface area contributed by atoms with E-state index in [1.54, 1.807) is 11.3 Å². The fraction of sp³-hybridized carbons (Fsp3) is 0.667. The number of hydrogen-bond donors (Lipinski definition) is 1. The molecule has 0 aliphatic heterocycles. The number of rotatable bonds is 6. The second kappa shape index (κ2) is 6.74. The maximum absolute atomic E-state index is 5.92. The van der Waals surface area contributed by atoms with Crippen molar-refractivity contribution in [1.82, 2.24) is 4.90 Å². The summed E-state index contributed by atoms with van der Waals surface area (Å²) in [7, 11) is 0. The first-order valence-electron chi connectivity index (χ1n) is 5.76. The summed E-state index contributed by atoms with van der Waals surface area (Å²) in [4.78, 5) is 3.82. The SMILES string of the molecule is CCN(CC(C)C)C(CN)c1cc(Br)cs1. The van der Waals surface area contributed by atoms with Gasteiger partial charge in [0.15, 0.2) is 0 Å². The lowest BCUT2D eigenvalue weighted by Gasteiger charge is -2.30. The average Bonchev–Trinajstić information content (AvgIpc) is 2.64. The molecule has 1 heterocycles. The second-order valence-electron chi connectivity index (χ2n) is 4.40. The Morgan fingerprint density at radius 1 is 1.50 bits per heavy atom. The van der Waals surface area contributed by atoms with Crippen molar-refractivity contribution in [2.24, 2.45) is 11.7 Å². The van der Waals surface area contributed by atoms with Gasteiger partial charge in [-0.25, -0.2) is 0 Å². The Morgan fingerprint density at radius 2 is 2.19 bits per heavy atom. The molecule has 1 aromatic heterocycles. The summed E-state index contributed by atoms with van der Waals surface area (Å²) in [5, 5.41) is 2.13. The maximum atomic E-state index is 5.92. The highest BCUT2D eigenvalue weighted by Gasteiger charge is 2.19. The number of likely N-dealkylation sites (N-methyl/N-ethyl adjacent to an activating group) is 1. The van der Waals surface area contributed by atoms with Gasteiger partial charge in [-0.1, -0.05) is 20.8 Å². The standard InChI is InChI=1S/C12H21BrN2S/c1-4-15(7-9(2)3)11(6-14)12-5-10(13)8-16-12/h5,8-9,11H,4,6-7,14H2,1-3H3. The van der Waals surface area contributed by atoms with Gasteiger partial charge in [0, 0.05) is 27.8 Å². The smallest absolute Gasteiger partial charge is 0.0564 e. The van der Waals surface area contributed by atoms with Crippen LogP contribution in [0, 0.1) is 5.92 Å². The lowest BCUT2D eigenvalue weighted by molar-refractivity contribution is 0.192. The van der Waals surface area contributed by atoms with Crippen LogP contribution < -0.4 is 5.73 Å². The third kappa shape index (κ3) is 3.84. The van der Waals surface area contributed by atoms with Crippen LogP contribution in [0.25, 0.3) is 0 Å². The highest BCUT2D eigenvalue weighted by Crippen LogP contribution is 2.29. The molecule has 0 fully saturated rings. The van der Waals surface area contributed by atoms with Crippen LogP contribution in [0.15, 0.2) is 15.9 Å². The van der Waals surface area contributed by atoms with E-state index in [4.69, 9.17) is 5.73 Å². The van der Waals surface area contributed by atoms with Gasteiger partial charge < -0.3 is 5.73 Å². The molecule has 0 aliphatic rings. The van der Waals surface area contributed by atoms with Crippen molar-refractivity contribution in [1.29, 1.82) is 0 Å². The molecular formula is C12H21BrN2S. The van der Waals surface area contributed by atoms with Crippen LogP contribution in [0.1, 0.15) is 31.7 Å². The van der Waals surface area contributed by atoms with Crippen LogP contribution in [0.3, 0.4) is 0 Å². The molecule has 1 rings (SSSR count). The highest BCUT2D eigenvalue weighted by atomic mass is 79.9. The molecule has 1 unspecified atom stereocenters. The van der Waals surface area contributed by atoms with E-state index in [2.05, 4.69) is 53.0 Å². The van der Waals surface area contributed by atoms with E-state index >= 15 is 0 Å². The molecular weight excluding hydrogens is 284 g/mol. The minimum Gasteiger partial charge on any atom is -0.329 e. The molecule has 16 heavy (non-hydrogen) atoms. The van der Waals surface area contributed by atoms with Crippen LogP contribution in [0.2, 0.25) is 0 Å². The monoisotopic (exact) mass is 304 g/mol. The largest absolute Gasteiger partial charge is 0.329 e. The topological polar surface area (TPSA) is 29.3 Å². The molecule has 0 amide bonds. The van der Waals surface area contributed by atoms with Crippen LogP contribution in [0.4, 0.5) is 0 Å². The first-order chi connectivity index (χ1) is 7.58. The summed E-state index contributed by atoms with van der Waals surface area (Å²) in [6.45, 7) is 9.55. The van der Waals surface area contributed by atoms with E-state index in [1.165, 1.54) is 4.88 Å². The zero-order chi connectivity index (χ0) is 12.1. The second-order valence-corrected chi connectivity index (χ2v) is 6.26. The van der Waals surface area contributed by atoms with Gasteiger partial charge in [-0.2, -0.15) is 0 Å². The highest BCUT2D eigenvalue weighted by molar-refractivity contribution is 9.10. The molecule has 0 spiro atoms. The molecule has 2 N–H and O–H groups in total. The lowest BCUT2D eigenvalue weighted by Crippen LogP contribution is -2.35. The summed E-state index contributed by atoms with van der Waals surface area (Å²) in [6, 6.07) is 2.55. The molecule has 0 bridgehead atoms. The molecule has 0 saturated heterocycles. The van der Waals surface area contributed by atoms with Crippen molar-refractivity contribution < 1.29 is 0 Å². The Kier molecular flexibility index (Phi) is 5.97. The number of nitrogens with two attached hydrogens (primary N) is 1. The van der Waals surface area contributed by atoms with Crippen LogP contribution in [-0.4, -0.2) is 24.5 Å². The molecule has 2 nitrogen and oxygen atoms in total. The number of thiophene rings is 1. The van der Waals surface area contributed by atoms with Gasteiger partial charge in [0.1, 0.15) is 0 Å². The normalized spacial score (nSPS) is 13.7. The summed E-state index contributed by atoms with van der Waals surface area (Å²) >= 11 is 5.29. The minimum atomic E-state index is 0.365. The van der Waals surface area contributed by atoms with Gasteiger partial charge in [-0.3, -0.25) is 4.90 Å². The predicted molar refractivity (Wildman–Crippen MR) is 75.9 cm³/mol. The summed E-state index contributed by atoms with van der Waals surface area (Å²) < 4.78 is 1.16. The molecule has 4 heteroatoms. The third-order valence-electron chi connectivity index (χ3n) is 2.59. The van der Waals surface area contributed by atoms with Crippen LogP contribution in [0.5, 0.6) is 0 Å². The molecule has 1 atom stereocenters. The van der Waals surface area contributed by atoms with Crippen molar-refractivity contribution in [3.63, 3.8) is 0 Å². The zero-order valence-electron chi connectivity index (χ0n) is 10.2. The Bertz CT molecular complexity index is 312. The molecule has 0 radical (unpaired) electrons. The molecule has 0 saturated carbocycles. The maximum Gasteiger partial charge on any atom is 0.0564 e. The van der Waals surface area contributed by atoms with Gasteiger partial charge in [-0.15, -0.1) is 11.3 Å². The first kappa shape index (κ1) is 14.2. The Hall–Kier alpha value is 0.1000. The Labute approximate surface area is 111 Å². The Morgan fingerprint density at radius 3 is 2.56 bits per heavy atom. The third-order valence-corrected chi connectivity index (χ3v) is 4.38. The summed E-state index contributed by atoms with van der Waals surface area (Å²) in [5.74, 6) is 0.678.